The number of amides is 2. The number of aromatic nitrogens is 2. The lowest BCUT2D eigenvalue weighted by Gasteiger charge is -2.36. The first-order valence-electron chi connectivity index (χ1n) is 9.15. The van der Waals surface area contributed by atoms with Crippen molar-refractivity contribution >= 4 is 17.8 Å². The van der Waals surface area contributed by atoms with Gasteiger partial charge in [-0.3, -0.25) is 9.59 Å². The summed E-state index contributed by atoms with van der Waals surface area (Å²) in [4.78, 5) is 39.9. The second-order valence-electron chi connectivity index (χ2n) is 6.99. The van der Waals surface area contributed by atoms with E-state index in [1.165, 1.54) is 0 Å². The van der Waals surface area contributed by atoms with E-state index in [-0.39, 0.29) is 11.8 Å². The molecule has 1 saturated heterocycles. The summed E-state index contributed by atoms with van der Waals surface area (Å²) in [5, 5.41) is 0. The zero-order valence-electron chi connectivity index (χ0n) is 15.1. The van der Waals surface area contributed by atoms with E-state index in [4.69, 9.17) is 0 Å². The Kier molecular flexibility index (Phi) is 5.20. The topological polar surface area (TPSA) is 69.6 Å². The lowest BCUT2D eigenvalue weighted by Crippen LogP contribution is -2.53. The van der Waals surface area contributed by atoms with Crippen LogP contribution in [-0.4, -0.2) is 71.4 Å². The van der Waals surface area contributed by atoms with E-state index in [2.05, 4.69) is 21.8 Å². The average molecular weight is 345 g/mol. The van der Waals surface area contributed by atoms with Crippen LogP contribution >= 0.6 is 0 Å². The van der Waals surface area contributed by atoms with Gasteiger partial charge in [0.05, 0.1) is 0 Å². The van der Waals surface area contributed by atoms with Gasteiger partial charge in [0.2, 0.25) is 17.8 Å². The molecule has 1 aliphatic carbocycles. The van der Waals surface area contributed by atoms with Crippen molar-refractivity contribution in [3.05, 3.63) is 18.5 Å². The Hall–Kier alpha value is -2.18. The van der Waals surface area contributed by atoms with Crippen LogP contribution in [0.15, 0.2) is 18.5 Å². The van der Waals surface area contributed by atoms with E-state index < -0.39 is 5.41 Å². The van der Waals surface area contributed by atoms with Crippen LogP contribution in [0.1, 0.15) is 32.6 Å². The SMILES string of the molecule is CCCCN(C)C(=O)C1(C(=O)N2CCN(c3ncccn3)CC2)CC1. The second kappa shape index (κ2) is 7.37. The standard InChI is InChI=1S/C18H27N5O2/c1-3-4-10-21(2)15(24)18(6-7-18)16(25)22-11-13-23(14-12-22)17-19-8-5-9-20-17/h5,8-9H,3-4,6-7,10-14H2,1-2H3. The molecular formula is C18H27N5O2. The number of piperazine rings is 1. The Morgan fingerprint density at radius 1 is 1.16 bits per heavy atom. The van der Waals surface area contributed by atoms with Crippen LogP contribution in [0, 0.1) is 5.41 Å². The fourth-order valence-corrected chi connectivity index (χ4v) is 3.37. The third-order valence-corrected chi connectivity index (χ3v) is 5.16. The summed E-state index contributed by atoms with van der Waals surface area (Å²) in [6.45, 7) is 5.46. The second-order valence-corrected chi connectivity index (χ2v) is 6.99. The fraction of sp³-hybridized carbons (Fsp3) is 0.667. The summed E-state index contributed by atoms with van der Waals surface area (Å²) >= 11 is 0. The van der Waals surface area contributed by atoms with E-state index in [0.29, 0.717) is 45.0 Å². The molecule has 7 nitrogen and oxygen atoms in total. The summed E-state index contributed by atoms with van der Waals surface area (Å²) in [6, 6.07) is 1.79. The number of rotatable bonds is 6. The lowest BCUT2D eigenvalue weighted by atomic mass is 10.0. The van der Waals surface area contributed by atoms with Crippen LogP contribution in [-0.2, 0) is 9.59 Å². The zero-order valence-corrected chi connectivity index (χ0v) is 15.1. The minimum atomic E-state index is -0.784. The van der Waals surface area contributed by atoms with E-state index in [0.717, 1.165) is 19.4 Å². The highest BCUT2D eigenvalue weighted by atomic mass is 16.2. The van der Waals surface area contributed by atoms with Gasteiger partial charge < -0.3 is 14.7 Å². The van der Waals surface area contributed by atoms with Crippen molar-refractivity contribution in [2.45, 2.75) is 32.6 Å². The third-order valence-electron chi connectivity index (χ3n) is 5.16. The molecule has 2 heterocycles. The summed E-state index contributed by atoms with van der Waals surface area (Å²) in [6.07, 6.45) is 6.84. The average Bonchev–Trinajstić information content (AvgIpc) is 3.47. The molecule has 0 radical (unpaired) electrons. The molecule has 0 atom stereocenters. The van der Waals surface area contributed by atoms with Crippen molar-refractivity contribution in [1.29, 1.82) is 0 Å². The van der Waals surface area contributed by atoms with Gasteiger partial charge in [-0.05, 0) is 25.3 Å². The van der Waals surface area contributed by atoms with Gasteiger partial charge in [-0.25, -0.2) is 9.97 Å². The Balaban J connectivity index is 1.58. The van der Waals surface area contributed by atoms with Gasteiger partial charge in [-0.15, -0.1) is 0 Å². The maximum Gasteiger partial charge on any atom is 0.238 e. The van der Waals surface area contributed by atoms with Gasteiger partial charge in [-0.1, -0.05) is 13.3 Å². The van der Waals surface area contributed by atoms with Gasteiger partial charge >= 0.3 is 0 Å². The summed E-state index contributed by atoms with van der Waals surface area (Å²) in [7, 11) is 1.82. The summed E-state index contributed by atoms with van der Waals surface area (Å²) in [5.74, 6) is 0.709. The lowest BCUT2D eigenvalue weighted by molar-refractivity contribution is -0.149. The molecule has 0 bridgehead atoms. The smallest absolute Gasteiger partial charge is 0.238 e. The summed E-state index contributed by atoms with van der Waals surface area (Å²) in [5.41, 5.74) is -0.784. The van der Waals surface area contributed by atoms with Crippen molar-refractivity contribution < 1.29 is 9.59 Å². The molecule has 2 amide bonds. The number of hydrogen-bond donors (Lipinski definition) is 0. The highest BCUT2D eigenvalue weighted by Gasteiger charge is 2.59. The van der Waals surface area contributed by atoms with Gasteiger partial charge in [0, 0.05) is 52.2 Å². The van der Waals surface area contributed by atoms with Gasteiger partial charge in [-0.2, -0.15) is 0 Å². The first kappa shape index (κ1) is 17.6. The molecule has 0 aromatic carbocycles. The monoisotopic (exact) mass is 345 g/mol. The van der Waals surface area contributed by atoms with Crippen LogP contribution in [0.3, 0.4) is 0 Å². The van der Waals surface area contributed by atoms with Gasteiger partial charge in [0.1, 0.15) is 5.41 Å². The van der Waals surface area contributed by atoms with E-state index in [1.807, 2.05) is 11.9 Å². The normalized spacial score (nSPS) is 18.8. The first-order chi connectivity index (χ1) is 12.1. The molecule has 1 aliphatic heterocycles. The van der Waals surface area contributed by atoms with Gasteiger partial charge in [0.15, 0.2) is 0 Å². The van der Waals surface area contributed by atoms with Crippen molar-refractivity contribution in [3.63, 3.8) is 0 Å². The van der Waals surface area contributed by atoms with Crippen molar-refractivity contribution in [2.24, 2.45) is 5.41 Å². The predicted octanol–water partition coefficient (Wildman–Crippen LogP) is 1.16. The zero-order chi connectivity index (χ0) is 17.9. The van der Waals surface area contributed by atoms with Crippen molar-refractivity contribution in [2.75, 3.05) is 44.7 Å². The van der Waals surface area contributed by atoms with Crippen LogP contribution in [0.4, 0.5) is 5.95 Å². The molecular weight excluding hydrogens is 318 g/mol. The quantitative estimate of drug-likeness (QED) is 0.724. The first-order valence-corrected chi connectivity index (χ1v) is 9.15. The molecule has 2 aliphatic rings. The van der Waals surface area contributed by atoms with E-state index in [1.54, 1.807) is 23.4 Å². The number of nitrogens with zero attached hydrogens (tertiary/aromatic N) is 5. The Morgan fingerprint density at radius 3 is 2.36 bits per heavy atom. The number of hydrogen-bond acceptors (Lipinski definition) is 5. The number of unbranched alkanes of at least 4 members (excludes halogenated alkanes) is 1. The largest absolute Gasteiger partial charge is 0.345 e. The Bertz CT molecular complexity index is 609. The number of anilines is 1. The maximum absolute atomic E-state index is 13.0. The van der Waals surface area contributed by atoms with E-state index >= 15 is 0 Å². The minimum Gasteiger partial charge on any atom is -0.345 e. The Morgan fingerprint density at radius 2 is 1.80 bits per heavy atom. The van der Waals surface area contributed by atoms with Crippen LogP contribution < -0.4 is 4.90 Å². The number of carbonyl (C=O) groups is 2. The van der Waals surface area contributed by atoms with E-state index in [9.17, 15) is 9.59 Å². The fourth-order valence-electron chi connectivity index (χ4n) is 3.37. The van der Waals surface area contributed by atoms with Gasteiger partial charge in [0.25, 0.3) is 0 Å². The molecule has 7 heteroatoms. The van der Waals surface area contributed by atoms with Crippen LogP contribution in [0.25, 0.3) is 0 Å². The highest BCUT2D eigenvalue weighted by Crippen LogP contribution is 2.48. The number of carbonyl (C=O) groups excluding carboxylic acids is 2. The van der Waals surface area contributed by atoms with Crippen LogP contribution in [0.2, 0.25) is 0 Å². The van der Waals surface area contributed by atoms with Crippen molar-refractivity contribution in [3.8, 4) is 0 Å². The van der Waals surface area contributed by atoms with Crippen LogP contribution in [0.5, 0.6) is 0 Å². The van der Waals surface area contributed by atoms with Crippen molar-refractivity contribution in [1.82, 2.24) is 19.8 Å². The molecule has 0 N–H and O–H groups in total. The molecule has 0 unspecified atom stereocenters. The molecule has 25 heavy (non-hydrogen) atoms. The molecule has 3 rings (SSSR count). The highest BCUT2D eigenvalue weighted by molar-refractivity contribution is 6.07. The Labute approximate surface area is 149 Å². The predicted molar refractivity (Wildman–Crippen MR) is 95.0 cm³/mol. The molecule has 1 saturated carbocycles. The third kappa shape index (κ3) is 3.60. The molecule has 136 valence electrons. The summed E-state index contributed by atoms with van der Waals surface area (Å²) < 4.78 is 0. The molecule has 1 aromatic heterocycles. The molecule has 2 fully saturated rings. The minimum absolute atomic E-state index is 0.000211. The molecule has 1 aromatic rings. The maximum atomic E-state index is 13.0. The molecule has 0 spiro atoms.